The van der Waals surface area contributed by atoms with Crippen molar-refractivity contribution >= 4 is 44.9 Å². The Labute approximate surface area is 231 Å². The molecule has 1 unspecified atom stereocenters. The molecule has 1 aliphatic heterocycles. The molecule has 38 heavy (non-hydrogen) atoms. The number of carbonyl (C=O) groups excluding carboxylic acids is 1. The number of morpholine rings is 1. The monoisotopic (exact) mass is 575 g/mol. The van der Waals surface area contributed by atoms with Crippen molar-refractivity contribution in [2.24, 2.45) is 0 Å². The Morgan fingerprint density at radius 1 is 0.974 bits per heavy atom. The van der Waals surface area contributed by atoms with E-state index in [1.54, 1.807) is 78.6 Å². The van der Waals surface area contributed by atoms with Gasteiger partial charge in [0.15, 0.2) is 9.84 Å². The van der Waals surface area contributed by atoms with Gasteiger partial charge in [0.25, 0.3) is 5.91 Å². The molecule has 0 spiro atoms. The van der Waals surface area contributed by atoms with Gasteiger partial charge in [-0.3, -0.25) is 9.59 Å². The van der Waals surface area contributed by atoms with Crippen molar-refractivity contribution in [3.63, 3.8) is 0 Å². The average molecular weight is 576 g/mol. The molecule has 1 heterocycles. The Morgan fingerprint density at radius 3 is 2.29 bits per heavy atom. The van der Waals surface area contributed by atoms with E-state index in [0.29, 0.717) is 21.2 Å². The number of carboxylic acid groups (broad SMARTS) is 1. The number of halogens is 2. The Morgan fingerprint density at radius 2 is 1.66 bits per heavy atom. The number of benzene rings is 3. The highest BCUT2D eigenvalue weighted by Gasteiger charge is 2.46. The third kappa shape index (κ3) is 6.38. The Bertz CT molecular complexity index is 1400. The minimum Gasteiger partial charge on any atom is -0.481 e. The van der Waals surface area contributed by atoms with Crippen molar-refractivity contribution in [3.8, 4) is 0 Å². The molecule has 7 nitrogen and oxygen atoms in total. The first-order chi connectivity index (χ1) is 18.1. The van der Waals surface area contributed by atoms with E-state index < -0.39 is 52.4 Å². The van der Waals surface area contributed by atoms with Gasteiger partial charge in [0.2, 0.25) is 0 Å². The predicted molar refractivity (Wildman–Crippen MR) is 145 cm³/mol. The highest BCUT2D eigenvalue weighted by molar-refractivity contribution is 7.91. The van der Waals surface area contributed by atoms with Gasteiger partial charge in [-0.2, -0.15) is 0 Å². The van der Waals surface area contributed by atoms with Gasteiger partial charge < -0.3 is 14.7 Å². The summed E-state index contributed by atoms with van der Waals surface area (Å²) < 4.78 is 32.1. The van der Waals surface area contributed by atoms with Gasteiger partial charge >= 0.3 is 5.97 Å². The number of hydrogen-bond acceptors (Lipinski definition) is 5. The SMILES string of the molecule is CC(CCS(=O)(=O)c1ccccc1)N1C(=O)[C@@H](CC(=O)O)O[C@H](c2cccc(Cl)c2)[C@H]1c1ccc(Cl)cc1. The molecule has 0 bridgehead atoms. The molecule has 1 saturated heterocycles. The minimum absolute atomic E-state index is 0.134. The fraction of sp³-hybridized carbons (Fsp3) is 0.286. The summed E-state index contributed by atoms with van der Waals surface area (Å²) in [7, 11) is -3.60. The third-order valence-electron chi connectivity index (χ3n) is 6.56. The number of amides is 1. The molecular weight excluding hydrogens is 549 g/mol. The second-order valence-corrected chi connectivity index (χ2v) is 12.2. The number of ether oxygens (including phenoxy) is 1. The quantitative estimate of drug-likeness (QED) is 0.349. The van der Waals surface area contributed by atoms with E-state index in [0.717, 1.165) is 0 Å². The maximum Gasteiger partial charge on any atom is 0.306 e. The van der Waals surface area contributed by atoms with Crippen LogP contribution in [-0.4, -0.2) is 48.2 Å². The summed E-state index contributed by atoms with van der Waals surface area (Å²) in [5.41, 5.74) is 1.37. The van der Waals surface area contributed by atoms with E-state index in [4.69, 9.17) is 27.9 Å². The number of nitrogens with zero attached hydrogens (tertiary/aromatic N) is 1. The fourth-order valence-corrected chi connectivity index (χ4v) is 6.48. The summed E-state index contributed by atoms with van der Waals surface area (Å²) >= 11 is 12.4. The van der Waals surface area contributed by atoms with Gasteiger partial charge in [0, 0.05) is 16.1 Å². The lowest BCUT2D eigenvalue weighted by atomic mass is 9.89. The molecule has 0 radical (unpaired) electrons. The summed E-state index contributed by atoms with van der Waals surface area (Å²) in [5, 5.41) is 10.5. The molecule has 4 rings (SSSR count). The van der Waals surface area contributed by atoms with Crippen LogP contribution in [0.3, 0.4) is 0 Å². The van der Waals surface area contributed by atoms with E-state index in [1.165, 1.54) is 12.1 Å². The standard InChI is InChI=1S/C28H27Cl2NO6S/c1-18(14-15-38(35,36)23-8-3-2-4-9-23)31-26(19-10-12-21(29)13-11-19)27(20-6-5-7-22(30)16-20)37-24(28(31)34)17-25(32)33/h2-13,16,18,24,26-27H,14-15,17H2,1H3,(H,32,33)/t18?,24-,26-,27-/m1/s1. The van der Waals surface area contributed by atoms with Gasteiger partial charge in [0.1, 0.15) is 12.2 Å². The molecule has 4 atom stereocenters. The van der Waals surface area contributed by atoms with Crippen LogP contribution in [0.4, 0.5) is 0 Å². The second-order valence-electron chi connectivity index (χ2n) is 9.21. The molecule has 200 valence electrons. The smallest absolute Gasteiger partial charge is 0.306 e. The highest BCUT2D eigenvalue weighted by atomic mass is 35.5. The molecule has 0 saturated carbocycles. The molecule has 0 aromatic heterocycles. The van der Waals surface area contributed by atoms with Crippen LogP contribution >= 0.6 is 23.2 Å². The summed E-state index contributed by atoms with van der Waals surface area (Å²) in [6.07, 6.45) is -2.41. The first-order valence-electron chi connectivity index (χ1n) is 12.0. The topological polar surface area (TPSA) is 101 Å². The average Bonchev–Trinajstić information content (AvgIpc) is 2.89. The zero-order valence-electron chi connectivity index (χ0n) is 20.5. The number of carboxylic acids is 1. The number of sulfone groups is 1. The van der Waals surface area contributed by atoms with Gasteiger partial charge in [-0.05, 0) is 60.9 Å². The van der Waals surface area contributed by atoms with Crippen LogP contribution in [0, 0.1) is 0 Å². The first kappa shape index (κ1) is 28.1. The van der Waals surface area contributed by atoms with Gasteiger partial charge in [-0.15, -0.1) is 0 Å². The highest BCUT2D eigenvalue weighted by Crippen LogP contribution is 2.44. The maximum atomic E-state index is 13.7. The van der Waals surface area contributed by atoms with E-state index in [9.17, 15) is 23.1 Å². The van der Waals surface area contributed by atoms with Crippen LogP contribution in [0.2, 0.25) is 10.0 Å². The lowest BCUT2D eigenvalue weighted by molar-refractivity contribution is -0.182. The van der Waals surface area contributed by atoms with Crippen molar-refractivity contribution in [1.82, 2.24) is 4.90 Å². The van der Waals surface area contributed by atoms with E-state index in [1.807, 2.05) is 0 Å². The molecule has 1 fully saturated rings. The van der Waals surface area contributed by atoms with Crippen molar-refractivity contribution in [1.29, 1.82) is 0 Å². The fourth-order valence-electron chi connectivity index (χ4n) is 4.69. The van der Waals surface area contributed by atoms with Crippen LogP contribution in [0.5, 0.6) is 0 Å². The first-order valence-corrected chi connectivity index (χ1v) is 14.5. The van der Waals surface area contributed by atoms with Crippen molar-refractivity contribution in [2.75, 3.05) is 5.75 Å². The molecule has 0 aliphatic carbocycles. The van der Waals surface area contributed by atoms with Crippen LogP contribution in [-0.2, 0) is 24.2 Å². The predicted octanol–water partition coefficient (Wildman–Crippen LogP) is 5.73. The van der Waals surface area contributed by atoms with Crippen LogP contribution in [0.15, 0.2) is 83.8 Å². The zero-order chi connectivity index (χ0) is 27.4. The van der Waals surface area contributed by atoms with E-state index in [-0.39, 0.29) is 17.1 Å². The van der Waals surface area contributed by atoms with Gasteiger partial charge in [0.05, 0.1) is 23.1 Å². The molecule has 1 N–H and O–H groups in total. The summed E-state index contributed by atoms with van der Waals surface area (Å²) in [6, 6.07) is 20.8. The summed E-state index contributed by atoms with van der Waals surface area (Å²) in [5.74, 6) is -1.89. The van der Waals surface area contributed by atoms with Crippen LogP contribution in [0.25, 0.3) is 0 Å². The number of hydrogen-bond donors (Lipinski definition) is 1. The Balaban J connectivity index is 1.75. The molecule has 1 aliphatic rings. The lowest BCUT2D eigenvalue weighted by Gasteiger charge is -2.47. The Kier molecular flexibility index (Phi) is 8.78. The van der Waals surface area contributed by atoms with Crippen LogP contribution < -0.4 is 0 Å². The number of aliphatic carboxylic acids is 1. The third-order valence-corrected chi connectivity index (χ3v) is 8.81. The largest absolute Gasteiger partial charge is 0.481 e. The number of rotatable bonds is 9. The molecule has 1 amide bonds. The lowest BCUT2D eigenvalue weighted by Crippen LogP contribution is -2.54. The molecule has 10 heteroatoms. The van der Waals surface area contributed by atoms with Crippen molar-refractivity contribution in [2.45, 2.75) is 49.0 Å². The molecule has 3 aromatic rings. The minimum atomic E-state index is -3.60. The normalized spacial score (nSPS) is 20.8. The molecular formula is C28H27Cl2NO6S. The zero-order valence-corrected chi connectivity index (χ0v) is 22.9. The molecule has 3 aromatic carbocycles. The van der Waals surface area contributed by atoms with E-state index >= 15 is 0 Å². The number of carbonyl (C=O) groups is 2. The maximum absolute atomic E-state index is 13.7. The van der Waals surface area contributed by atoms with Crippen molar-refractivity contribution in [3.05, 3.63) is 100 Å². The Hall–Kier alpha value is -2.91. The van der Waals surface area contributed by atoms with Gasteiger partial charge in [-0.1, -0.05) is 65.7 Å². The van der Waals surface area contributed by atoms with E-state index in [2.05, 4.69) is 0 Å². The van der Waals surface area contributed by atoms with Crippen LogP contribution in [0.1, 0.15) is 43.0 Å². The summed E-state index contributed by atoms with van der Waals surface area (Å²) in [6.45, 7) is 1.76. The van der Waals surface area contributed by atoms with Crippen molar-refractivity contribution < 1.29 is 27.9 Å². The van der Waals surface area contributed by atoms with Gasteiger partial charge in [-0.25, -0.2) is 8.42 Å². The second kappa shape index (κ2) is 11.9. The summed E-state index contributed by atoms with van der Waals surface area (Å²) in [4.78, 5) is 27.1.